The summed E-state index contributed by atoms with van der Waals surface area (Å²) in [5.74, 6) is -3.72. The van der Waals surface area contributed by atoms with Gasteiger partial charge in [0, 0.05) is 19.4 Å². The molecule has 0 fully saturated rings. The highest BCUT2D eigenvalue weighted by Crippen LogP contribution is 2.24. The summed E-state index contributed by atoms with van der Waals surface area (Å²) in [5.41, 5.74) is 0.282. The van der Waals surface area contributed by atoms with Crippen LogP contribution in [0.2, 0.25) is 0 Å². The van der Waals surface area contributed by atoms with Crippen LogP contribution >= 0.6 is 0 Å². The van der Waals surface area contributed by atoms with E-state index in [2.05, 4.69) is 20.6 Å². The average Bonchev–Trinajstić information content (AvgIpc) is 2.83. The van der Waals surface area contributed by atoms with Crippen LogP contribution in [0.1, 0.15) is 0 Å². The van der Waals surface area contributed by atoms with Crippen molar-refractivity contribution in [2.45, 2.75) is 12.3 Å². The third kappa shape index (κ3) is 2.69. The largest absolute Gasteiger partial charge is 0.372 e. The number of alkyl halides is 4. The Balaban J connectivity index is 2.27. The standard InChI is InChI=1S/C10H11F4N5/c1-15-6-4-19-3-2-16-8(19)7(18-6)17-5-10(13,14)9(11)12/h2-4,9,15H,5H2,1H3,(H,17,18). The minimum atomic E-state index is -4.12. The molecule has 0 aliphatic rings. The van der Waals surface area contributed by atoms with Crippen molar-refractivity contribution in [1.82, 2.24) is 14.4 Å². The minimum absolute atomic E-state index is 0.0113. The molecule has 0 atom stereocenters. The zero-order valence-corrected chi connectivity index (χ0v) is 9.87. The summed E-state index contributed by atoms with van der Waals surface area (Å²) in [6.45, 7) is -1.21. The third-order valence-electron chi connectivity index (χ3n) is 2.44. The van der Waals surface area contributed by atoms with Gasteiger partial charge in [-0.05, 0) is 0 Å². The zero-order valence-electron chi connectivity index (χ0n) is 9.87. The molecule has 104 valence electrons. The lowest BCUT2D eigenvalue weighted by atomic mass is 10.3. The van der Waals surface area contributed by atoms with Gasteiger partial charge in [-0.3, -0.25) is 0 Å². The van der Waals surface area contributed by atoms with Crippen LogP contribution in [-0.4, -0.2) is 40.3 Å². The fourth-order valence-corrected chi connectivity index (χ4v) is 1.45. The van der Waals surface area contributed by atoms with E-state index in [1.165, 1.54) is 6.20 Å². The number of fused-ring (bicyclic) bond motifs is 1. The van der Waals surface area contributed by atoms with Crippen molar-refractivity contribution in [3.05, 3.63) is 18.6 Å². The van der Waals surface area contributed by atoms with Crippen molar-refractivity contribution in [2.75, 3.05) is 24.2 Å². The summed E-state index contributed by atoms with van der Waals surface area (Å²) >= 11 is 0. The Bertz CT molecular complexity index is 568. The molecule has 2 heterocycles. The van der Waals surface area contributed by atoms with Gasteiger partial charge in [-0.15, -0.1) is 0 Å². The molecule has 2 aromatic heterocycles. The molecule has 19 heavy (non-hydrogen) atoms. The van der Waals surface area contributed by atoms with Crippen molar-refractivity contribution < 1.29 is 17.6 Å². The van der Waals surface area contributed by atoms with Crippen LogP contribution in [0.4, 0.5) is 29.2 Å². The first kappa shape index (κ1) is 13.4. The number of nitrogens with zero attached hydrogens (tertiary/aromatic N) is 3. The van der Waals surface area contributed by atoms with Gasteiger partial charge < -0.3 is 15.0 Å². The van der Waals surface area contributed by atoms with Crippen LogP contribution in [0.25, 0.3) is 5.65 Å². The smallest absolute Gasteiger partial charge is 0.324 e. The van der Waals surface area contributed by atoms with Crippen LogP contribution in [0.5, 0.6) is 0 Å². The summed E-state index contributed by atoms with van der Waals surface area (Å²) < 4.78 is 51.4. The first-order chi connectivity index (χ1) is 8.94. The van der Waals surface area contributed by atoms with E-state index < -0.39 is 18.9 Å². The Morgan fingerprint density at radius 1 is 1.42 bits per heavy atom. The highest BCUT2D eigenvalue weighted by molar-refractivity contribution is 5.65. The monoisotopic (exact) mass is 277 g/mol. The maximum Gasteiger partial charge on any atom is 0.324 e. The highest BCUT2D eigenvalue weighted by Gasteiger charge is 2.40. The van der Waals surface area contributed by atoms with E-state index in [1.54, 1.807) is 23.8 Å². The second-order valence-corrected chi connectivity index (χ2v) is 3.80. The van der Waals surface area contributed by atoms with Crippen molar-refractivity contribution in [3.8, 4) is 0 Å². The molecule has 0 radical (unpaired) electrons. The van der Waals surface area contributed by atoms with Crippen molar-refractivity contribution in [2.24, 2.45) is 0 Å². The van der Waals surface area contributed by atoms with Crippen LogP contribution in [-0.2, 0) is 0 Å². The maximum atomic E-state index is 12.9. The van der Waals surface area contributed by atoms with Crippen LogP contribution in [0.15, 0.2) is 18.6 Å². The second-order valence-electron chi connectivity index (χ2n) is 3.80. The molecule has 0 amide bonds. The van der Waals surface area contributed by atoms with Gasteiger partial charge in [0.1, 0.15) is 5.82 Å². The van der Waals surface area contributed by atoms with Gasteiger partial charge in [0.25, 0.3) is 0 Å². The molecule has 0 saturated carbocycles. The molecule has 0 aromatic carbocycles. The number of imidazole rings is 1. The second kappa shape index (κ2) is 4.90. The molecule has 0 spiro atoms. The zero-order chi connectivity index (χ0) is 14.0. The van der Waals surface area contributed by atoms with E-state index in [1.807, 2.05) is 0 Å². The number of hydrogen-bond acceptors (Lipinski definition) is 4. The van der Waals surface area contributed by atoms with Gasteiger partial charge in [0.15, 0.2) is 11.5 Å². The first-order valence-electron chi connectivity index (χ1n) is 5.35. The summed E-state index contributed by atoms with van der Waals surface area (Å²) in [6, 6.07) is 0. The predicted molar refractivity (Wildman–Crippen MR) is 62.0 cm³/mol. The van der Waals surface area contributed by atoms with Gasteiger partial charge in [-0.2, -0.15) is 8.78 Å². The molecule has 2 rings (SSSR count). The fourth-order valence-electron chi connectivity index (χ4n) is 1.45. The summed E-state index contributed by atoms with van der Waals surface area (Å²) in [4.78, 5) is 7.89. The van der Waals surface area contributed by atoms with Gasteiger partial charge in [0.05, 0.1) is 12.7 Å². The lowest BCUT2D eigenvalue weighted by Crippen LogP contribution is -2.35. The molecular formula is C10H11F4N5. The van der Waals surface area contributed by atoms with Crippen LogP contribution in [0.3, 0.4) is 0 Å². The molecule has 5 nitrogen and oxygen atoms in total. The number of halogens is 4. The summed E-state index contributed by atoms with van der Waals surface area (Å²) in [5, 5.41) is 4.94. The van der Waals surface area contributed by atoms with Gasteiger partial charge in [-0.25, -0.2) is 18.7 Å². The SMILES string of the molecule is CNc1cn2ccnc2c(NCC(F)(F)C(F)F)n1. The van der Waals surface area contributed by atoms with Crippen molar-refractivity contribution >= 4 is 17.3 Å². The van der Waals surface area contributed by atoms with Crippen LogP contribution in [0, 0.1) is 0 Å². The van der Waals surface area contributed by atoms with Crippen LogP contribution < -0.4 is 10.6 Å². The summed E-state index contributed by atoms with van der Waals surface area (Å²) in [6.07, 6.45) is 0.906. The number of rotatable bonds is 5. The average molecular weight is 277 g/mol. The molecule has 0 aliphatic heterocycles. The third-order valence-corrected chi connectivity index (χ3v) is 2.44. The van der Waals surface area contributed by atoms with E-state index >= 15 is 0 Å². The Morgan fingerprint density at radius 2 is 2.16 bits per heavy atom. The van der Waals surface area contributed by atoms with E-state index in [0.29, 0.717) is 5.82 Å². The van der Waals surface area contributed by atoms with E-state index in [4.69, 9.17) is 0 Å². The molecule has 0 bridgehead atoms. The maximum absolute atomic E-state index is 12.9. The molecule has 2 N–H and O–H groups in total. The van der Waals surface area contributed by atoms with E-state index in [0.717, 1.165) is 0 Å². The van der Waals surface area contributed by atoms with Gasteiger partial charge in [-0.1, -0.05) is 0 Å². The Hall–Kier alpha value is -2.06. The van der Waals surface area contributed by atoms with E-state index in [-0.39, 0.29) is 11.5 Å². The quantitative estimate of drug-likeness (QED) is 0.822. The molecule has 2 aromatic rings. The van der Waals surface area contributed by atoms with Crippen molar-refractivity contribution in [3.63, 3.8) is 0 Å². The molecule has 0 aliphatic carbocycles. The molecular weight excluding hydrogens is 266 g/mol. The number of hydrogen-bond donors (Lipinski definition) is 2. The molecule has 9 heteroatoms. The summed E-state index contributed by atoms with van der Waals surface area (Å²) in [7, 11) is 1.60. The highest BCUT2D eigenvalue weighted by atomic mass is 19.3. The predicted octanol–water partition coefficient (Wildman–Crippen LogP) is 2.08. The lowest BCUT2D eigenvalue weighted by Gasteiger charge is -2.16. The fraction of sp³-hybridized carbons (Fsp3) is 0.400. The topological polar surface area (TPSA) is 54.2 Å². The Kier molecular flexibility index (Phi) is 3.45. The van der Waals surface area contributed by atoms with Crippen molar-refractivity contribution in [1.29, 1.82) is 0 Å². The van der Waals surface area contributed by atoms with Gasteiger partial charge in [0.2, 0.25) is 0 Å². The normalized spacial score (nSPS) is 12.1. The molecule has 0 unspecified atom stereocenters. The minimum Gasteiger partial charge on any atom is -0.372 e. The number of aromatic nitrogens is 3. The lowest BCUT2D eigenvalue weighted by molar-refractivity contribution is -0.117. The molecule has 0 saturated heterocycles. The number of anilines is 2. The van der Waals surface area contributed by atoms with Gasteiger partial charge >= 0.3 is 12.3 Å². The first-order valence-corrected chi connectivity index (χ1v) is 5.35. The Morgan fingerprint density at radius 3 is 2.79 bits per heavy atom. The Labute approximate surface area is 105 Å². The van der Waals surface area contributed by atoms with E-state index in [9.17, 15) is 17.6 Å². The number of nitrogens with one attached hydrogen (secondary N) is 2.